The molecule has 1 atom stereocenters. The van der Waals surface area contributed by atoms with Gasteiger partial charge in [0, 0.05) is 27.0 Å². The Bertz CT molecular complexity index is 761. The fourth-order valence-corrected chi connectivity index (χ4v) is 3.52. The monoisotopic (exact) mass is 342 g/mol. The lowest BCUT2D eigenvalue weighted by Crippen LogP contribution is -2.15. The molecule has 0 saturated carbocycles. The molecule has 21 heavy (non-hydrogen) atoms. The SMILES string of the molecule is Cc1[nH]c2ccccc2c1C(CN)Cc1cccc(Br)c1. The van der Waals surface area contributed by atoms with Gasteiger partial charge in [0.2, 0.25) is 0 Å². The van der Waals surface area contributed by atoms with Crippen LogP contribution in [0.15, 0.2) is 53.0 Å². The molecule has 1 heterocycles. The first-order valence-corrected chi connectivity index (χ1v) is 8.00. The highest BCUT2D eigenvalue weighted by molar-refractivity contribution is 9.10. The number of hydrogen-bond acceptors (Lipinski definition) is 1. The minimum Gasteiger partial charge on any atom is -0.358 e. The number of fused-ring (bicyclic) bond motifs is 1. The molecule has 0 aliphatic rings. The molecular formula is C18H19BrN2. The second-order valence-corrected chi connectivity index (χ2v) is 6.39. The van der Waals surface area contributed by atoms with E-state index in [4.69, 9.17) is 5.73 Å². The first kappa shape index (κ1) is 14.4. The lowest BCUT2D eigenvalue weighted by atomic mass is 9.90. The number of para-hydroxylation sites is 1. The lowest BCUT2D eigenvalue weighted by molar-refractivity contribution is 0.694. The molecule has 0 fully saturated rings. The van der Waals surface area contributed by atoms with Crippen molar-refractivity contribution >= 4 is 26.8 Å². The number of nitrogens with two attached hydrogens (primary N) is 1. The van der Waals surface area contributed by atoms with Gasteiger partial charge in [0.15, 0.2) is 0 Å². The summed E-state index contributed by atoms with van der Waals surface area (Å²) in [7, 11) is 0. The second-order valence-electron chi connectivity index (χ2n) is 5.48. The molecule has 3 rings (SSSR count). The van der Waals surface area contributed by atoms with E-state index in [0.29, 0.717) is 12.5 Å². The Morgan fingerprint density at radius 3 is 2.71 bits per heavy atom. The summed E-state index contributed by atoms with van der Waals surface area (Å²) in [6.45, 7) is 2.79. The average Bonchev–Trinajstić information content (AvgIpc) is 2.81. The van der Waals surface area contributed by atoms with Crippen LogP contribution in [0, 0.1) is 6.92 Å². The Hall–Kier alpha value is -1.58. The number of benzene rings is 2. The molecule has 0 spiro atoms. The Balaban J connectivity index is 2.00. The van der Waals surface area contributed by atoms with Gasteiger partial charge in [-0.1, -0.05) is 46.3 Å². The van der Waals surface area contributed by atoms with Gasteiger partial charge in [-0.2, -0.15) is 0 Å². The summed E-state index contributed by atoms with van der Waals surface area (Å²) in [6.07, 6.45) is 0.957. The summed E-state index contributed by atoms with van der Waals surface area (Å²) in [4.78, 5) is 3.47. The Morgan fingerprint density at radius 1 is 1.14 bits per heavy atom. The smallest absolute Gasteiger partial charge is 0.0458 e. The third-order valence-electron chi connectivity index (χ3n) is 4.01. The maximum absolute atomic E-state index is 6.08. The fourth-order valence-electron chi connectivity index (χ4n) is 3.08. The summed E-state index contributed by atoms with van der Waals surface area (Å²) < 4.78 is 1.12. The van der Waals surface area contributed by atoms with E-state index in [2.05, 4.69) is 76.4 Å². The van der Waals surface area contributed by atoms with Crippen LogP contribution in [0.1, 0.15) is 22.7 Å². The molecule has 3 aromatic rings. The van der Waals surface area contributed by atoms with Crippen molar-refractivity contribution in [1.29, 1.82) is 0 Å². The van der Waals surface area contributed by atoms with Crippen LogP contribution < -0.4 is 5.73 Å². The number of halogens is 1. The summed E-state index contributed by atoms with van der Waals surface area (Å²) in [5, 5.41) is 1.29. The van der Waals surface area contributed by atoms with Gasteiger partial charge in [-0.05, 0) is 49.2 Å². The highest BCUT2D eigenvalue weighted by Crippen LogP contribution is 2.31. The molecule has 1 aromatic heterocycles. The largest absolute Gasteiger partial charge is 0.358 e. The lowest BCUT2D eigenvalue weighted by Gasteiger charge is -2.16. The zero-order valence-corrected chi connectivity index (χ0v) is 13.7. The molecule has 0 radical (unpaired) electrons. The van der Waals surface area contributed by atoms with Crippen LogP contribution in [-0.4, -0.2) is 11.5 Å². The number of aromatic nitrogens is 1. The number of H-pyrrole nitrogens is 1. The van der Waals surface area contributed by atoms with Crippen LogP contribution in [0.5, 0.6) is 0 Å². The maximum Gasteiger partial charge on any atom is 0.0458 e. The third-order valence-corrected chi connectivity index (χ3v) is 4.50. The maximum atomic E-state index is 6.08. The van der Waals surface area contributed by atoms with E-state index in [0.717, 1.165) is 10.9 Å². The van der Waals surface area contributed by atoms with E-state index in [1.54, 1.807) is 0 Å². The standard InChI is InChI=1S/C18H19BrN2/c1-12-18(16-7-2-3-8-17(16)21-12)14(11-20)9-13-5-4-6-15(19)10-13/h2-8,10,14,21H,9,11,20H2,1H3. The van der Waals surface area contributed by atoms with Crippen molar-refractivity contribution < 1.29 is 0 Å². The van der Waals surface area contributed by atoms with Crippen LogP contribution >= 0.6 is 15.9 Å². The summed E-state index contributed by atoms with van der Waals surface area (Å²) >= 11 is 3.54. The van der Waals surface area contributed by atoms with Crippen LogP contribution in [0.4, 0.5) is 0 Å². The predicted molar refractivity (Wildman–Crippen MR) is 92.7 cm³/mol. The van der Waals surface area contributed by atoms with Crippen molar-refractivity contribution in [2.75, 3.05) is 6.54 Å². The fraction of sp³-hybridized carbons (Fsp3) is 0.222. The van der Waals surface area contributed by atoms with Gasteiger partial charge in [-0.15, -0.1) is 0 Å². The number of nitrogens with one attached hydrogen (secondary N) is 1. The zero-order chi connectivity index (χ0) is 14.8. The first-order valence-electron chi connectivity index (χ1n) is 7.20. The van der Waals surface area contributed by atoms with E-state index in [-0.39, 0.29) is 0 Å². The first-order chi connectivity index (χ1) is 10.2. The molecule has 1 unspecified atom stereocenters. The van der Waals surface area contributed by atoms with Crippen molar-refractivity contribution in [3.05, 3.63) is 69.8 Å². The molecule has 0 bridgehead atoms. The van der Waals surface area contributed by atoms with Crippen molar-refractivity contribution in [2.24, 2.45) is 5.73 Å². The molecule has 0 aliphatic heterocycles. The minimum absolute atomic E-state index is 0.329. The normalized spacial score (nSPS) is 12.7. The summed E-state index contributed by atoms with van der Waals surface area (Å²) in [6, 6.07) is 16.9. The topological polar surface area (TPSA) is 41.8 Å². The van der Waals surface area contributed by atoms with Gasteiger partial charge < -0.3 is 10.7 Å². The molecule has 2 aromatic carbocycles. The number of hydrogen-bond donors (Lipinski definition) is 2. The van der Waals surface area contributed by atoms with Gasteiger partial charge >= 0.3 is 0 Å². The van der Waals surface area contributed by atoms with Crippen molar-refractivity contribution in [3.63, 3.8) is 0 Å². The van der Waals surface area contributed by atoms with Crippen LogP contribution in [0.2, 0.25) is 0 Å². The third kappa shape index (κ3) is 2.89. The predicted octanol–water partition coefficient (Wildman–Crippen LogP) is 4.52. The van der Waals surface area contributed by atoms with E-state index in [9.17, 15) is 0 Å². The minimum atomic E-state index is 0.329. The van der Waals surface area contributed by atoms with Gasteiger partial charge in [0.05, 0.1) is 0 Å². The van der Waals surface area contributed by atoms with Crippen LogP contribution in [0.25, 0.3) is 10.9 Å². The zero-order valence-electron chi connectivity index (χ0n) is 12.1. The van der Waals surface area contributed by atoms with Gasteiger partial charge in [0.1, 0.15) is 0 Å². The average molecular weight is 343 g/mol. The highest BCUT2D eigenvalue weighted by Gasteiger charge is 2.18. The van der Waals surface area contributed by atoms with Crippen LogP contribution in [-0.2, 0) is 6.42 Å². The number of aryl methyl sites for hydroxylation is 1. The number of rotatable bonds is 4. The van der Waals surface area contributed by atoms with E-state index >= 15 is 0 Å². The Morgan fingerprint density at radius 2 is 1.95 bits per heavy atom. The molecular weight excluding hydrogens is 324 g/mol. The number of aromatic amines is 1. The molecule has 0 amide bonds. The van der Waals surface area contributed by atoms with Gasteiger partial charge in [-0.3, -0.25) is 0 Å². The molecule has 3 heteroatoms. The highest BCUT2D eigenvalue weighted by atomic mass is 79.9. The molecule has 0 aliphatic carbocycles. The molecule has 0 saturated heterocycles. The van der Waals surface area contributed by atoms with E-state index < -0.39 is 0 Å². The van der Waals surface area contributed by atoms with Crippen LogP contribution in [0.3, 0.4) is 0 Å². The van der Waals surface area contributed by atoms with Crippen molar-refractivity contribution in [3.8, 4) is 0 Å². The summed E-state index contributed by atoms with van der Waals surface area (Å²) in [5.41, 5.74) is 11.2. The quantitative estimate of drug-likeness (QED) is 0.718. The Kier molecular flexibility index (Phi) is 4.13. The van der Waals surface area contributed by atoms with E-state index in [1.807, 2.05) is 0 Å². The summed E-state index contributed by atoms with van der Waals surface area (Å²) in [5.74, 6) is 0.329. The molecule has 108 valence electrons. The van der Waals surface area contributed by atoms with Crippen molar-refractivity contribution in [2.45, 2.75) is 19.3 Å². The van der Waals surface area contributed by atoms with Crippen molar-refractivity contribution in [1.82, 2.24) is 4.98 Å². The second kappa shape index (κ2) is 6.04. The van der Waals surface area contributed by atoms with Gasteiger partial charge in [0.25, 0.3) is 0 Å². The van der Waals surface area contributed by atoms with Gasteiger partial charge in [-0.25, -0.2) is 0 Å². The molecule has 2 nitrogen and oxygen atoms in total. The molecule has 3 N–H and O–H groups in total. The Labute approximate surface area is 133 Å². The van der Waals surface area contributed by atoms with E-state index in [1.165, 1.54) is 27.7 Å².